The van der Waals surface area contributed by atoms with Gasteiger partial charge in [-0.3, -0.25) is 14.2 Å². The molecule has 34 heavy (non-hydrogen) atoms. The van der Waals surface area contributed by atoms with E-state index in [0.29, 0.717) is 35.4 Å². The van der Waals surface area contributed by atoms with Crippen molar-refractivity contribution < 1.29 is 22.7 Å². The van der Waals surface area contributed by atoms with Gasteiger partial charge in [-0.1, -0.05) is 17.7 Å². The van der Waals surface area contributed by atoms with Gasteiger partial charge in [0.15, 0.2) is 11.5 Å². The Hall–Kier alpha value is -3.44. The second-order valence-electron chi connectivity index (χ2n) is 7.63. The Morgan fingerprint density at radius 1 is 1.06 bits per heavy atom. The molecule has 11 heteroatoms. The number of aryl methyl sites for hydroxylation is 2. The first-order valence-electron chi connectivity index (χ1n) is 10.7. The highest BCUT2D eigenvalue weighted by Crippen LogP contribution is 2.29. The molecule has 0 radical (unpaired) electrons. The highest BCUT2D eigenvalue weighted by Gasteiger charge is 2.13. The lowest BCUT2D eigenvalue weighted by Gasteiger charge is -2.11. The van der Waals surface area contributed by atoms with Crippen molar-refractivity contribution in [2.24, 2.45) is 0 Å². The van der Waals surface area contributed by atoms with Crippen LogP contribution in [0.2, 0.25) is 0 Å². The van der Waals surface area contributed by atoms with Crippen molar-refractivity contribution in [2.75, 3.05) is 27.3 Å². The number of sulfonamides is 1. The van der Waals surface area contributed by atoms with E-state index >= 15 is 0 Å². The van der Waals surface area contributed by atoms with Gasteiger partial charge in [-0.05, 0) is 31.5 Å². The second-order valence-corrected chi connectivity index (χ2v) is 9.40. The number of hydrogen-bond donors (Lipinski definition) is 2. The van der Waals surface area contributed by atoms with E-state index in [1.54, 1.807) is 24.3 Å². The van der Waals surface area contributed by atoms with E-state index in [1.807, 2.05) is 6.92 Å². The molecule has 1 aromatic heterocycles. The van der Waals surface area contributed by atoms with Gasteiger partial charge in [-0.2, -0.15) is 0 Å². The molecule has 0 aliphatic carbocycles. The lowest BCUT2D eigenvalue weighted by Crippen LogP contribution is -2.34. The first kappa shape index (κ1) is 25.2. The summed E-state index contributed by atoms with van der Waals surface area (Å²) in [7, 11) is -0.624. The smallest absolute Gasteiger partial charge is 0.261 e. The number of nitrogens with zero attached hydrogens (tertiary/aromatic N) is 2. The number of fused-ring (bicyclic) bond motifs is 1. The molecular formula is C23H28N4O6S. The molecule has 0 aliphatic heterocycles. The molecule has 0 spiro atoms. The van der Waals surface area contributed by atoms with Crippen LogP contribution in [0.4, 0.5) is 0 Å². The molecular weight excluding hydrogens is 460 g/mol. The molecule has 10 nitrogen and oxygen atoms in total. The molecule has 1 heterocycles. The third kappa shape index (κ3) is 6.12. The maximum Gasteiger partial charge on any atom is 0.261 e. The number of carbonyl (C=O) groups excluding carboxylic acids is 1. The van der Waals surface area contributed by atoms with E-state index in [1.165, 1.54) is 37.2 Å². The number of hydrogen-bond acceptors (Lipinski definition) is 7. The molecule has 0 fully saturated rings. The average molecular weight is 489 g/mol. The van der Waals surface area contributed by atoms with Gasteiger partial charge in [0, 0.05) is 32.1 Å². The van der Waals surface area contributed by atoms with Gasteiger partial charge in [0.1, 0.15) is 0 Å². The lowest BCUT2D eigenvalue weighted by molar-refractivity contribution is -0.121. The molecule has 3 rings (SSSR count). The standard InChI is InChI=1S/C23H28N4O6S/c1-16-6-8-17(9-7-16)34(30,31)26-11-10-24-22(28)5-4-12-27-15-25-19-14-21(33-3)20(32-2)13-18(19)23(27)29/h6-9,13-15,26H,4-5,10-12H2,1-3H3,(H,24,28). The SMILES string of the molecule is COc1cc2ncn(CCCC(=O)NCCNS(=O)(=O)c3ccc(C)cc3)c(=O)c2cc1OC. The number of aromatic nitrogens is 2. The van der Waals surface area contributed by atoms with E-state index in [9.17, 15) is 18.0 Å². The fourth-order valence-electron chi connectivity index (χ4n) is 3.33. The molecule has 0 saturated heterocycles. The molecule has 2 N–H and O–H groups in total. The highest BCUT2D eigenvalue weighted by atomic mass is 32.2. The van der Waals surface area contributed by atoms with E-state index in [4.69, 9.17) is 9.47 Å². The zero-order valence-corrected chi connectivity index (χ0v) is 20.1. The third-order valence-electron chi connectivity index (χ3n) is 5.20. The summed E-state index contributed by atoms with van der Waals surface area (Å²) < 4.78 is 38.9. The van der Waals surface area contributed by atoms with Gasteiger partial charge in [-0.25, -0.2) is 18.1 Å². The summed E-state index contributed by atoms with van der Waals surface area (Å²) in [4.78, 5) is 29.3. The number of benzene rings is 2. The number of nitrogens with one attached hydrogen (secondary N) is 2. The maximum atomic E-state index is 12.8. The van der Waals surface area contributed by atoms with Gasteiger partial charge in [0.2, 0.25) is 15.9 Å². The summed E-state index contributed by atoms with van der Waals surface area (Å²) >= 11 is 0. The van der Waals surface area contributed by atoms with Crippen LogP contribution in [0.5, 0.6) is 11.5 Å². The molecule has 0 bridgehead atoms. The Balaban J connectivity index is 1.48. The van der Waals surface area contributed by atoms with Gasteiger partial charge in [-0.15, -0.1) is 0 Å². The molecule has 0 atom stereocenters. The predicted octanol–water partition coefficient (Wildman–Crippen LogP) is 1.60. The summed E-state index contributed by atoms with van der Waals surface area (Å²) in [6.45, 7) is 2.41. The van der Waals surface area contributed by atoms with Gasteiger partial charge in [0.05, 0.1) is 36.3 Å². The minimum atomic E-state index is -3.62. The minimum Gasteiger partial charge on any atom is -0.493 e. The zero-order chi connectivity index (χ0) is 24.7. The van der Waals surface area contributed by atoms with Gasteiger partial charge in [0.25, 0.3) is 5.56 Å². The maximum absolute atomic E-state index is 12.8. The first-order valence-corrected chi connectivity index (χ1v) is 12.2. The van der Waals surface area contributed by atoms with E-state index in [0.717, 1.165) is 5.56 Å². The summed E-state index contributed by atoms with van der Waals surface area (Å²) in [6.07, 6.45) is 2.04. The largest absolute Gasteiger partial charge is 0.493 e. The van der Waals surface area contributed by atoms with Gasteiger partial charge >= 0.3 is 0 Å². The number of amides is 1. The Morgan fingerprint density at radius 2 is 1.74 bits per heavy atom. The fraction of sp³-hybridized carbons (Fsp3) is 0.348. The Labute approximate surface area is 198 Å². The monoisotopic (exact) mass is 488 g/mol. The van der Waals surface area contributed by atoms with Crippen LogP contribution in [-0.4, -0.2) is 51.2 Å². The van der Waals surface area contributed by atoms with Crippen molar-refractivity contribution in [3.8, 4) is 11.5 Å². The van der Waals surface area contributed by atoms with Crippen LogP contribution in [0, 0.1) is 6.92 Å². The van der Waals surface area contributed by atoms with Crippen LogP contribution in [0.15, 0.2) is 52.4 Å². The molecule has 182 valence electrons. The van der Waals surface area contributed by atoms with E-state index < -0.39 is 10.0 Å². The first-order chi connectivity index (χ1) is 16.2. The molecule has 0 saturated carbocycles. The fourth-order valence-corrected chi connectivity index (χ4v) is 4.36. The summed E-state index contributed by atoms with van der Waals surface area (Å²) in [5.41, 5.74) is 1.22. The Bertz CT molecular complexity index is 1320. The molecule has 1 amide bonds. The van der Waals surface area contributed by atoms with Crippen LogP contribution in [0.3, 0.4) is 0 Å². The van der Waals surface area contributed by atoms with Crippen molar-refractivity contribution in [3.63, 3.8) is 0 Å². The average Bonchev–Trinajstić information content (AvgIpc) is 2.83. The number of ether oxygens (including phenoxy) is 2. The predicted molar refractivity (Wildman–Crippen MR) is 128 cm³/mol. The van der Waals surface area contributed by atoms with E-state index in [2.05, 4.69) is 15.0 Å². The topological polar surface area (TPSA) is 129 Å². The van der Waals surface area contributed by atoms with Crippen LogP contribution >= 0.6 is 0 Å². The van der Waals surface area contributed by atoms with Crippen molar-refractivity contribution in [3.05, 3.63) is 58.6 Å². The van der Waals surface area contributed by atoms with Crippen molar-refractivity contribution in [1.82, 2.24) is 19.6 Å². The van der Waals surface area contributed by atoms with Crippen LogP contribution < -0.4 is 25.1 Å². The van der Waals surface area contributed by atoms with E-state index in [-0.39, 0.29) is 35.9 Å². The molecule has 0 aliphatic rings. The summed E-state index contributed by atoms with van der Waals surface area (Å²) in [5.74, 6) is 0.684. The number of rotatable bonds is 11. The quantitative estimate of drug-likeness (QED) is 0.392. The zero-order valence-electron chi connectivity index (χ0n) is 19.3. The summed E-state index contributed by atoms with van der Waals surface area (Å²) in [6, 6.07) is 9.74. The van der Waals surface area contributed by atoms with Crippen molar-refractivity contribution in [1.29, 1.82) is 0 Å². The molecule has 2 aromatic carbocycles. The number of carbonyl (C=O) groups is 1. The minimum absolute atomic E-state index is 0.0707. The Morgan fingerprint density at radius 3 is 2.41 bits per heavy atom. The van der Waals surface area contributed by atoms with Gasteiger partial charge < -0.3 is 14.8 Å². The normalized spacial score (nSPS) is 11.4. The molecule has 3 aromatic rings. The number of methoxy groups -OCH3 is 2. The van der Waals surface area contributed by atoms with Crippen LogP contribution in [0.25, 0.3) is 10.9 Å². The second kappa shape index (κ2) is 11.1. The lowest BCUT2D eigenvalue weighted by atomic mass is 10.2. The van der Waals surface area contributed by atoms with Crippen molar-refractivity contribution >= 4 is 26.8 Å². The molecule has 0 unspecified atom stereocenters. The summed E-state index contributed by atoms with van der Waals surface area (Å²) in [5, 5.41) is 3.07. The Kier molecular flexibility index (Phi) is 8.24. The van der Waals surface area contributed by atoms with Crippen LogP contribution in [0.1, 0.15) is 18.4 Å². The van der Waals surface area contributed by atoms with Crippen molar-refractivity contribution in [2.45, 2.75) is 31.2 Å². The highest BCUT2D eigenvalue weighted by molar-refractivity contribution is 7.89. The third-order valence-corrected chi connectivity index (χ3v) is 6.68. The van der Waals surface area contributed by atoms with Crippen LogP contribution in [-0.2, 0) is 21.4 Å².